The predicted molar refractivity (Wildman–Crippen MR) is 157 cm³/mol. The maximum Gasteiger partial charge on any atom is 0.409 e. The molecule has 45 heavy (non-hydrogen) atoms. The first kappa shape index (κ1) is 32.8. The molecule has 2 bridgehead atoms. The smallest absolute Gasteiger partial charge is 0.409 e. The largest absolute Gasteiger partial charge is 0.455 e. The zero-order valence-electron chi connectivity index (χ0n) is 26.9. The van der Waals surface area contributed by atoms with Gasteiger partial charge < -0.3 is 33.7 Å². The lowest BCUT2D eigenvalue weighted by Crippen LogP contribution is -2.82. The highest BCUT2D eigenvalue weighted by molar-refractivity contribution is 6.02. The Bertz CT molecular complexity index is 1470. The van der Waals surface area contributed by atoms with E-state index in [4.69, 9.17) is 23.7 Å². The third-order valence-corrected chi connectivity index (χ3v) is 10.6. The van der Waals surface area contributed by atoms with Gasteiger partial charge in [-0.25, -0.2) is 9.59 Å². The zero-order chi connectivity index (χ0) is 33.3. The second-order valence-electron chi connectivity index (χ2n) is 13.5. The van der Waals surface area contributed by atoms with Crippen LogP contribution in [0.2, 0.25) is 0 Å². The highest BCUT2D eigenvalue weighted by Crippen LogP contribution is 2.64. The summed E-state index contributed by atoms with van der Waals surface area (Å²) < 4.78 is 30.0. The summed E-state index contributed by atoms with van der Waals surface area (Å²) in [5, 5.41) is 13.0. The number of hydrogen-bond acceptors (Lipinski definition) is 11. The van der Waals surface area contributed by atoms with E-state index in [1.165, 1.54) is 45.2 Å². The molecule has 1 aromatic rings. The Balaban J connectivity index is 1.85. The van der Waals surface area contributed by atoms with Crippen molar-refractivity contribution in [2.24, 2.45) is 16.7 Å². The molecule has 3 fully saturated rings. The number of Topliss-reactive ketones (excluding diaryl/α,β-unsaturated/α-hetero) is 2. The molecule has 4 aliphatic rings. The van der Waals surface area contributed by atoms with Gasteiger partial charge >= 0.3 is 18.0 Å². The second kappa shape index (κ2) is 11.0. The lowest BCUT2D eigenvalue weighted by molar-refractivity contribution is -0.344. The van der Waals surface area contributed by atoms with Gasteiger partial charge in [-0.15, -0.1) is 0 Å². The van der Waals surface area contributed by atoms with E-state index in [1.54, 1.807) is 45.9 Å². The van der Waals surface area contributed by atoms with Crippen LogP contribution in [0.5, 0.6) is 0 Å². The first-order chi connectivity index (χ1) is 21.0. The summed E-state index contributed by atoms with van der Waals surface area (Å²) in [4.78, 5) is 69.6. The Morgan fingerprint density at radius 2 is 1.69 bits per heavy atom. The number of rotatable bonds is 5. The van der Waals surface area contributed by atoms with Crippen LogP contribution in [0.25, 0.3) is 0 Å². The lowest BCUT2D eigenvalue weighted by atomic mass is 9.44. The highest BCUT2D eigenvalue weighted by atomic mass is 16.6. The standard InChI is InChI=1S/C33H41NO11/c1-17-20(36)15-33(40)27(44-28(38)19-12-10-9-11-13-19)25-31(5,26(37)24(41-8)23(17)30(33,3)4)21(43-29(39)34(6)7)14-22-32(25,16-42-22)45-18(2)35/h9-13,21-22,24-25,27,40H,14-16H2,1-8H3/t21-,22+,24+,25-,27-,31+,32-,33+/m0/s1. The summed E-state index contributed by atoms with van der Waals surface area (Å²) in [5.74, 6) is -3.91. The number of nitrogens with zero attached hydrogens (tertiary/aromatic N) is 1. The average Bonchev–Trinajstić information content (AvgIpc) is 2.97. The molecule has 0 spiro atoms. The number of allylic oxidation sites excluding steroid dienone is 1. The van der Waals surface area contributed by atoms with Crippen LogP contribution in [-0.2, 0) is 38.1 Å². The van der Waals surface area contributed by atoms with E-state index in [-0.39, 0.29) is 29.7 Å². The minimum absolute atomic E-state index is 0.0415. The molecule has 12 heteroatoms. The lowest BCUT2D eigenvalue weighted by Gasteiger charge is -2.67. The van der Waals surface area contributed by atoms with E-state index in [2.05, 4.69) is 0 Å². The van der Waals surface area contributed by atoms with Crippen molar-refractivity contribution in [1.82, 2.24) is 4.90 Å². The Morgan fingerprint density at radius 3 is 2.22 bits per heavy atom. The number of benzene rings is 1. The minimum Gasteiger partial charge on any atom is -0.455 e. The molecule has 0 aromatic heterocycles. The number of aliphatic hydroxyl groups is 1. The van der Waals surface area contributed by atoms with Crippen LogP contribution in [-0.4, -0.2) is 103 Å². The molecule has 0 radical (unpaired) electrons. The van der Waals surface area contributed by atoms with E-state index >= 15 is 4.79 Å². The number of methoxy groups -OCH3 is 1. The fourth-order valence-corrected chi connectivity index (χ4v) is 8.05. The molecule has 1 N–H and O–H groups in total. The fraction of sp³-hybridized carbons (Fsp3) is 0.606. The van der Waals surface area contributed by atoms with Crippen molar-refractivity contribution in [3.63, 3.8) is 0 Å². The van der Waals surface area contributed by atoms with Crippen LogP contribution in [0.1, 0.15) is 57.8 Å². The molecule has 2 saturated carbocycles. The molecule has 8 atom stereocenters. The molecule has 1 heterocycles. The molecule has 3 aliphatic carbocycles. The van der Waals surface area contributed by atoms with E-state index in [9.17, 15) is 24.3 Å². The Hall–Kier alpha value is -3.61. The van der Waals surface area contributed by atoms with Crippen LogP contribution in [0.15, 0.2) is 41.5 Å². The quantitative estimate of drug-likeness (QED) is 0.378. The third kappa shape index (κ3) is 4.63. The number of carbonyl (C=O) groups is 5. The summed E-state index contributed by atoms with van der Waals surface area (Å²) in [5.41, 5.74) is -6.27. The Morgan fingerprint density at radius 1 is 1.04 bits per heavy atom. The van der Waals surface area contributed by atoms with Crippen molar-refractivity contribution in [3.8, 4) is 0 Å². The van der Waals surface area contributed by atoms with Crippen molar-refractivity contribution in [2.45, 2.75) is 83.1 Å². The van der Waals surface area contributed by atoms with Gasteiger partial charge in [0.15, 0.2) is 17.2 Å². The van der Waals surface area contributed by atoms with E-state index in [1.807, 2.05) is 0 Å². The molecular formula is C33H41NO11. The third-order valence-electron chi connectivity index (χ3n) is 10.6. The van der Waals surface area contributed by atoms with Gasteiger partial charge in [0, 0.05) is 46.4 Å². The van der Waals surface area contributed by atoms with Gasteiger partial charge in [0.1, 0.15) is 30.0 Å². The van der Waals surface area contributed by atoms with E-state index in [0.29, 0.717) is 0 Å². The van der Waals surface area contributed by atoms with Crippen molar-refractivity contribution in [1.29, 1.82) is 0 Å². The number of amides is 1. The van der Waals surface area contributed by atoms with Gasteiger partial charge in [-0.2, -0.15) is 0 Å². The van der Waals surface area contributed by atoms with Crippen molar-refractivity contribution in [2.75, 3.05) is 27.8 Å². The second-order valence-corrected chi connectivity index (χ2v) is 13.5. The minimum atomic E-state index is -2.15. The first-order valence-electron chi connectivity index (χ1n) is 15.0. The predicted octanol–water partition coefficient (Wildman–Crippen LogP) is 2.65. The van der Waals surface area contributed by atoms with Crippen LogP contribution < -0.4 is 0 Å². The van der Waals surface area contributed by atoms with E-state index < -0.39 is 88.4 Å². The van der Waals surface area contributed by atoms with Crippen LogP contribution in [0.4, 0.5) is 4.79 Å². The van der Waals surface area contributed by atoms with Crippen molar-refractivity contribution < 1.29 is 52.8 Å². The van der Waals surface area contributed by atoms with Crippen molar-refractivity contribution >= 4 is 29.6 Å². The SMILES string of the molecule is CO[C@H]1C(=O)[C@]2(C)[C@@H](OC(=O)N(C)C)C[C@H]3OC[C@@]3(OC(C)=O)[C@H]2[C@H](OC(=O)c2ccccc2)[C@]2(O)CC(=O)C(C)=C1C2(C)C. The highest BCUT2D eigenvalue weighted by Gasteiger charge is 2.78. The Labute approximate surface area is 262 Å². The molecule has 0 unspecified atom stereocenters. The summed E-state index contributed by atoms with van der Waals surface area (Å²) in [6, 6.07) is 8.08. The monoisotopic (exact) mass is 627 g/mol. The molecule has 1 aliphatic heterocycles. The first-order valence-corrected chi connectivity index (χ1v) is 15.0. The maximum atomic E-state index is 15.1. The molecule has 5 rings (SSSR count). The zero-order valence-corrected chi connectivity index (χ0v) is 26.9. The van der Waals surface area contributed by atoms with Crippen LogP contribution in [0.3, 0.4) is 0 Å². The van der Waals surface area contributed by atoms with Gasteiger partial charge in [0.25, 0.3) is 0 Å². The Kier molecular flexibility index (Phi) is 8.03. The summed E-state index contributed by atoms with van der Waals surface area (Å²) >= 11 is 0. The number of hydrogen-bond donors (Lipinski definition) is 1. The van der Waals surface area contributed by atoms with E-state index in [0.717, 1.165) is 0 Å². The molecule has 244 valence electrons. The molecule has 1 saturated heterocycles. The molecule has 1 aromatic carbocycles. The average molecular weight is 628 g/mol. The fourth-order valence-electron chi connectivity index (χ4n) is 8.05. The molecule has 1 amide bonds. The van der Waals surface area contributed by atoms with Gasteiger partial charge in [0.2, 0.25) is 0 Å². The van der Waals surface area contributed by atoms with Gasteiger partial charge in [-0.05, 0) is 37.1 Å². The normalized spacial score (nSPS) is 36.8. The summed E-state index contributed by atoms with van der Waals surface area (Å²) in [6.45, 7) is 7.48. The maximum absolute atomic E-state index is 15.1. The number of esters is 2. The number of fused-ring (bicyclic) bond motifs is 5. The van der Waals surface area contributed by atoms with Crippen molar-refractivity contribution in [3.05, 3.63) is 47.0 Å². The number of ether oxygens (including phenoxy) is 5. The van der Waals surface area contributed by atoms with Gasteiger partial charge in [-0.1, -0.05) is 32.0 Å². The van der Waals surface area contributed by atoms with Crippen LogP contribution in [0, 0.1) is 16.7 Å². The number of carbonyl (C=O) groups excluding carboxylic acids is 5. The van der Waals surface area contributed by atoms with Gasteiger partial charge in [0.05, 0.1) is 23.5 Å². The molecular weight excluding hydrogens is 586 g/mol. The topological polar surface area (TPSA) is 155 Å². The summed E-state index contributed by atoms with van der Waals surface area (Å²) in [6.07, 6.45) is -6.34. The summed E-state index contributed by atoms with van der Waals surface area (Å²) in [7, 11) is 4.31. The number of ketones is 2. The van der Waals surface area contributed by atoms with Crippen LogP contribution >= 0.6 is 0 Å². The molecule has 12 nitrogen and oxygen atoms in total. The van der Waals surface area contributed by atoms with Gasteiger partial charge in [-0.3, -0.25) is 14.4 Å².